The topological polar surface area (TPSA) is 94.8 Å². The zero-order valence-electron chi connectivity index (χ0n) is 15.1. The molecule has 4 atom stereocenters. The predicted octanol–water partition coefficient (Wildman–Crippen LogP) is 3.25. The first-order chi connectivity index (χ1) is 12.0. The van der Waals surface area contributed by atoms with Crippen LogP contribution in [0.25, 0.3) is 0 Å². The number of aliphatic hydroxyl groups excluding tert-OH is 2. The van der Waals surface area contributed by atoms with Crippen LogP contribution in [0.3, 0.4) is 0 Å². The van der Waals surface area contributed by atoms with Gasteiger partial charge >= 0.3 is 5.97 Å². The van der Waals surface area contributed by atoms with Crippen molar-refractivity contribution in [3.05, 3.63) is 24.3 Å². The molecule has 0 radical (unpaired) electrons. The Morgan fingerprint density at radius 3 is 2.64 bits per heavy atom. The Labute approximate surface area is 150 Å². The number of carboxylic acid groups (broad SMARTS) is 1. The summed E-state index contributed by atoms with van der Waals surface area (Å²) < 4.78 is 0. The molecule has 5 heteroatoms. The van der Waals surface area contributed by atoms with E-state index in [1.54, 1.807) is 12.2 Å². The highest BCUT2D eigenvalue weighted by Gasteiger charge is 2.39. The van der Waals surface area contributed by atoms with Crippen LogP contribution in [-0.2, 0) is 9.59 Å². The molecule has 3 N–H and O–H groups in total. The highest BCUT2D eigenvalue weighted by Crippen LogP contribution is 2.33. The zero-order chi connectivity index (χ0) is 18.7. The van der Waals surface area contributed by atoms with Crippen molar-refractivity contribution in [3.63, 3.8) is 0 Å². The number of ketones is 1. The van der Waals surface area contributed by atoms with Crippen LogP contribution >= 0.6 is 0 Å². The Morgan fingerprint density at radius 2 is 1.96 bits per heavy atom. The van der Waals surface area contributed by atoms with E-state index in [1.807, 2.05) is 13.0 Å². The molecule has 0 aromatic rings. The number of allylic oxidation sites excluding steroid dienone is 2. The second-order valence-corrected chi connectivity index (χ2v) is 6.84. The first-order valence-electron chi connectivity index (χ1n) is 9.39. The summed E-state index contributed by atoms with van der Waals surface area (Å²) >= 11 is 0. The van der Waals surface area contributed by atoms with E-state index in [0.29, 0.717) is 12.8 Å². The van der Waals surface area contributed by atoms with Crippen LogP contribution in [0.15, 0.2) is 24.3 Å². The van der Waals surface area contributed by atoms with Gasteiger partial charge < -0.3 is 15.3 Å². The van der Waals surface area contributed by atoms with Crippen molar-refractivity contribution < 1.29 is 24.9 Å². The van der Waals surface area contributed by atoms with Gasteiger partial charge in [-0.05, 0) is 32.1 Å². The van der Waals surface area contributed by atoms with Gasteiger partial charge in [0.1, 0.15) is 5.78 Å². The maximum absolute atomic E-state index is 12.1. The van der Waals surface area contributed by atoms with Crippen molar-refractivity contribution in [3.8, 4) is 0 Å². The van der Waals surface area contributed by atoms with Gasteiger partial charge in [0.15, 0.2) is 0 Å². The molecule has 0 aliphatic heterocycles. The third-order valence-corrected chi connectivity index (χ3v) is 4.77. The fourth-order valence-corrected chi connectivity index (χ4v) is 3.17. The number of Topliss-reactive ketones (excluding diaryl/α,β-unsaturated/α-hetero) is 1. The van der Waals surface area contributed by atoms with Crippen LogP contribution in [-0.4, -0.2) is 39.3 Å². The predicted molar refractivity (Wildman–Crippen MR) is 97.1 cm³/mol. The van der Waals surface area contributed by atoms with Crippen molar-refractivity contribution in [1.82, 2.24) is 0 Å². The highest BCUT2D eigenvalue weighted by molar-refractivity contribution is 5.84. The average Bonchev–Trinajstić information content (AvgIpc) is 2.84. The summed E-state index contributed by atoms with van der Waals surface area (Å²) in [6.45, 7) is 1.88. The summed E-state index contributed by atoms with van der Waals surface area (Å²) in [6.07, 6.45) is 12.6. The lowest BCUT2D eigenvalue weighted by molar-refractivity contribution is -0.137. The molecule has 1 rings (SSSR count). The lowest BCUT2D eigenvalue weighted by Gasteiger charge is -2.16. The number of carboxylic acids is 1. The molecule has 0 saturated heterocycles. The Kier molecular flexibility index (Phi) is 10.3. The largest absolute Gasteiger partial charge is 0.481 e. The minimum Gasteiger partial charge on any atom is -0.481 e. The van der Waals surface area contributed by atoms with Crippen molar-refractivity contribution in [2.75, 3.05) is 0 Å². The third-order valence-electron chi connectivity index (χ3n) is 4.77. The Morgan fingerprint density at radius 1 is 1.24 bits per heavy atom. The number of hydrogen-bond acceptors (Lipinski definition) is 4. The second-order valence-electron chi connectivity index (χ2n) is 6.84. The molecule has 1 aliphatic carbocycles. The fourth-order valence-electron chi connectivity index (χ4n) is 3.17. The summed E-state index contributed by atoms with van der Waals surface area (Å²) in [7, 11) is 0. The van der Waals surface area contributed by atoms with E-state index >= 15 is 0 Å². The van der Waals surface area contributed by atoms with Gasteiger partial charge in [-0.15, -0.1) is 0 Å². The van der Waals surface area contributed by atoms with E-state index in [0.717, 1.165) is 32.1 Å². The Hall–Kier alpha value is -1.46. The number of carbonyl (C=O) groups excluding carboxylic acids is 1. The summed E-state index contributed by atoms with van der Waals surface area (Å²) in [6, 6.07) is 0. The van der Waals surface area contributed by atoms with Crippen molar-refractivity contribution >= 4 is 11.8 Å². The lowest BCUT2D eigenvalue weighted by atomic mass is 9.90. The van der Waals surface area contributed by atoms with E-state index < -0.39 is 18.2 Å². The minimum atomic E-state index is -0.738. The van der Waals surface area contributed by atoms with Gasteiger partial charge in [-0.3, -0.25) is 9.59 Å². The van der Waals surface area contributed by atoms with Crippen LogP contribution in [0.2, 0.25) is 0 Å². The standard InChI is InChI=1S/C20H32O5/c1-2-15(21)12-13-17-16(18(22)14-19(17)23)10-8-6-4-3-5-7-9-11-20(24)25/h6,8,12-13,15-17,19,21,23H,2-5,7,9-11,14H2,1H3,(H,24,25)/t15?,16-,17-,19-/m0/s1. The lowest BCUT2D eigenvalue weighted by Crippen LogP contribution is -2.18. The third kappa shape index (κ3) is 8.45. The minimum absolute atomic E-state index is 0.0893. The molecule has 1 aliphatic rings. The molecule has 1 unspecified atom stereocenters. The first-order valence-corrected chi connectivity index (χ1v) is 9.39. The first kappa shape index (κ1) is 21.6. The second kappa shape index (κ2) is 12.0. The number of aliphatic hydroxyl groups is 2. The molecule has 142 valence electrons. The molecule has 1 saturated carbocycles. The number of unbranched alkanes of at least 4 members (excludes halogenated alkanes) is 4. The SMILES string of the molecule is CCC(O)C=C[C@H]1[C@H](CC=CCCCCCCC(=O)O)C(=O)C[C@@H]1O. The van der Waals surface area contributed by atoms with E-state index in [4.69, 9.17) is 5.11 Å². The molecular weight excluding hydrogens is 320 g/mol. The molecule has 0 aromatic heterocycles. The van der Waals surface area contributed by atoms with Crippen LogP contribution in [0.5, 0.6) is 0 Å². The average molecular weight is 352 g/mol. The van der Waals surface area contributed by atoms with Gasteiger partial charge in [-0.25, -0.2) is 0 Å². The monoisotopic (exact) mass is 352 g/mol. The molecule has 0 heterocycles. The van der Waals surface area contributed by atoms with Crippen molar-refractivity contribution in [1.29, 1.82) is 0 Å². The Bertz CT molecular complexity index is 469. The fraction of sp³-hybridized carbons (Fsp3) is 0.700. The molecule has 0 spiro atoms. The summed E-state index contributed by atoms with van der Waals surface area (Å²) in [4.78, 5) is 22.5. The van der Waals surface area contributed by atoms with Gasteiger partial charge in [-0.1, -0.05) is 44.1 Å². The maximum Gasteiger partial charge on any atom is 0.303 e. The summed E-state index contributed by atoms with van der Waals surface area (Å²) in [5, 5.41) is 28.2. The van der Waals surface area contributed by atoms with Crippen LogP contribution in [0.4, 0.5) is 0 Å². The van der Waals surface area contributed by atoms with Crippen LogP contribution in [0, 0.1) is 11.8 Å². The van der Waals surface area contributed by atoms with E-state index in [-0.39, 0.29) is 30.5 Å². The number of hydrogen-bond donors (Lipinski definition) is 3. The van der Waals surface area contributed by atoms with E-state index in [1.165, 1.54) is 0 Å². The van der Waals surface area contributed by atoms with Gasteiger partial charge in [0.25, 0.3) is 0 Å². The normalized spacial score (nSPS) is 25.2. The molecule has 5 nitrogen and oxygen atoms in total. The smallest absolute Gasteiger partial charge is 0.303 e. The van der Waals surface area contributed by atoms with E-state index in [2.05, 4.69) is 6.08 Å². The number of carbonyl (C=O) groups is 2. The number of rotatable bonds is 12. The molecular formula is C20H32O5. The van der Waals surface area contributed by atoms with Crippen molar-refractivity contribution in [2.45, 2.75) is 76.9 Å². The van der Waals surface area contributed by atoms with Gasteiger partial charge in [0.2, 0.25) is 0 Å². The molecule has 0 aromatic carbocycles. The van der Waals surface area contributed by atoms with E-state index in [9.17, 15) is 19.8 Å². The number of aliphatic carboxylic acids is 1. The van der Waals surface area contributed by atoms with Gasteiger partial charge in [-0.2, -0.15) is 0 Å². The molecule has 0 amide bonds. The van der Waals surface area contributed by atoms with Crippen molar-refractivity contribution in [2.24, 2.45) is 11.8 Å². The quantitative estimate of drug-likeness (QED) is 0.370. The molecule has 25 heavy (non-hydrogen) atoms. The van der Waals surface area contributed by atoms with Crippen LogP contribution in [0.1, 0.15) is 64.7 Å². The Balaban J connectivity index is 2.31. The van der Waals surface area contributed by atoms with Gasteiger partial charge in [0.05, 0.1) is 12.2 Å². The maximum atomic E-state index is 12.1. The summed E-state index contributed by atoms with van der Waals surface area (Å²) in [5.41, 5.74) is 0. The van der Waals surface area contributed by atoms with Crippen LogP contribution < -0.4 is 0 Å². The highest BCUT2D eigenvalue weighted by atomic mass is 16.4. The molecule has 0 bridgehead atoms. The molecule has 1 fully saturated rings. The summed E-state index contributed by atoms with van der Waals surface area (Å²) in [5.74, 6) is -1.07. The van der Waals surface area contributed by atoms with Gasteiger partial charge in [0, 0.05) is 24.7 Å². The zero-order valence-corrected chi connectivity index (χ0v) is 15.1.